The molecule has 0 spiro atoms. The lowest BCUT2D eigenvalue weighted by Crippen LogP contribution is -2.52. The van der Waals surface area contributed by atoms with E-state index in [4.69, 9.17) is 23.2 Å². The third-order valence-electron chi connectivity index (χ3n) is 5.93. The van der Waals surface area contributed by atoms with Crippen molar-refractivity contribution < 1.29 is 18.0 Å². The van der Waals surface area contributed by atoms with E-state index >= 15 is 0 Å². The first-order chi connectivity index (χ1) is 17.0. The zero-order valence-electron chi connectivity index (χ0n) is 22.6. The van der Waals surface area contributed by atoms with Crippen LogP contribution in [0.5, 0.6) is 0 Å². The summed E-state index contributed by atoms with van der Waals surface area (Å²) in [4.78, 5) is 27.8. The highest BCUT2D eigenvalue weighted by atomic mass is 35.5. The number of rotatable bonds is 10. The fraction of sp³-hybridized carbons (Fsp3) is 0.481. The van der Waals surface area contributed by atoms with E-state index in [1.807, 2.05) is 46.8 Å². The molecule has 0 heterocycles. The third-order valence-corrected chi connectivity index (χ3v) is 7.87. The van der Waals surface area contributed by atoms with Gasteiger partial charge in [-0.3, -0.25) is 13.9 Å². The third kappa shape index (κ3) is 9.20. The summed E-state index contributed by atoms with van der Waals surface area (Å²) in [6.45, 7) is 11.5. The largest absolute Gasteiger partial charge is 0.350 e. The smallest absolute Gasteiger partial charge is 0.242 e. The van der Waals surface area contributed by atoms with Crippen molar-refractivity contribution in [3.8, 4) is 0 Å². The molecular weight excluding hydrogens is 533 g/mol. The maximum Gasteiger partial charge on any atom is 0.242 e. The van der Waals surface area contributed by atoms with Crippen LogP contribution in [0.3, 0.4) is 0 Å². The van der Waals surface area contributed by atoms with Crippen LogP contribution in [-0.2, 0) is 26.2 Å². The van der Waals surface area contributed by atoms with E-state index < -0.39 is 21.6 Å². The minimum Gasteiger partial charge on any atom is -0.350 e. The molecule has 0 aliphatic heterocycles. The molecule has 2 aromatic carbocycles. The van der Waals surface area contributed by atoms with Gasteiger partial charge in [-0.15, -0.1) is 0 Å². The Morgan fingerprint density at radius 1 is 1.00 bits per heavy atom. The van der Waals surface area contributed by atoms with Gasteiger partial charge in [-0.25, -0.2) is 8.42 Å². The van der Waals surface area contributed by atoms with Gasteiger partial charge in [0, 0.05) is 25.0 Å². The Morgan fingerprint density at radius 2 is 1.65 bits per heavy atom. The second-order valence-corrected chi connectivity index (χ2v) is 13.1. The zero-order valence-corrected chi connectivity index (χ0v) is 24.9. The van der Waals surface area contributed by atoms with Crippen molar-refractivity contribution in [2.45, 2.75) is 72.5 Å². The molecule has 0 aromatic heterocycles. The molecule has 0 saturated heterocycles. The van der Waals surface area contributed by atoms with Crippen LogP contribution in [-0.4, -0.2) is 49.5 Å². The van der Waals surface area contributed by atoms with E-state index in [0.717, 1.165) is 22.9 Å². The van der Waals surface area contributed by atoms with Gasteiger partial charge < -0.3 is 10.2 Å². The Hall–Kier alpha value is -2.29. The number of amides is 2. The van der Waals surface area contributed by atoms with Crippen molar-refractivity contribution in [2.75, 3.05) is 17.1 Å². The number of nitrogens with zero attached hydrogens (tertiary/aromatic N) is 2. The first-order valence-corrected chi connectivity index (χ1v) is 14.7. The van der Waals surface area contributed by atoms with Crippen LogP contribution >= 0.6 is 23.2 Å². The van der Waals surface area contributed by atoms with Gasteiger partial charge in [0.05, 0.1) is 22.0 Å². The van der Waals surface area contributed by atoms with Crippen molar-refractivity contribution in [1.82, 2.24) is 10.2 Å². The quantitative estimate of drug-likeness (QED) is 0.410. The molecule has 0 aliphatic rings. The lowest BCUT2D eigenvalue weighted by atomic mass is 10.1. The number of sulfonamides is 1. The fourth-order valence-electron chi connectivity index (χ4n) is 3.78. The molecule has 1 atom stereocenters. The van der Waals surface area contributed by atoms with Crippen LogP contribution in [0.2, 0.25) is 10.0 Å². The van der Waals surface area contributed by atoms with Crippen molar-refractivity contribution in [3.05, 3.63) is 63.1 Å². The monoisotopic (exact) mass is 569 g/mol. The summed E-state index contributed by atoms with van der Waals surface area (Å²) in [5, 5.41) is 3.67. The number of hydrogen-bond acceptors (Lipinski definition) is 4. The molecule has 7 nitrogen and oxygen atoms in total. The minimum absolute atomic E-state index is 0.0608. The Kier molecular flexibility index (Phi) is 10.5. The molecule has 37 heavy (non-hydrogen) atoms. The second-order valence-electron chi connectivity index (χ2n) is 10.4. The van der Waals surface area contributed by atoms with E-state index in [2.05, 4.69) is 5.32 Å². The Labute approximate surface area is 231 Å². The van der Waals surface area contributed by atoms with E-state index in [1.54, 1.807) is 31.2 Å². The molecule has 1 N–H and O–H groups in total. The Balaban J connectivity index is 2.23. The van der Waals surface area contributed by atoms with Crippen molar-refractivity contribution in [1.29, 1.82) is 0 Å². The lowest BCUT2D eigenvalue weighted by Gasteiger charge is -2.32. The maximum atomic E-state index is 13.4. The lowest BCUT2D eigenvalue weighted by molar-refractivity contribution is -0.141. The highest BCUT2D eigenvalue weighted by Gasteiger charge is 2.29. The number of hydrogen-bond donors (Lipinski definition) is 1. The van der Waals surface area contributed by atoms with Crippen LogP contribution in [0.1, 0.15) is 57.2 Å². The number of halogens is 2. The first-order valence-electron chi connectivity index (χ1n) is 12.1. The van der Waals surface area contributed by atoms with Gasteiger partial charge in [-0.2, -0.15) is 0 Å². The summed E-state index contributed by atoms with van der Waals surface area (Å²) in [5.74, 6) is -0.551. The summed E-state index contributed by atoms with van der Waals surface area (Å²) < 4.78 is 26.4. The fourth-order valence-corrected chi connectivity index (χ4v) is 5.05. The average Bonchev–Trinajstić information content (AvgIpc) is 2.76. The van der Waals surface area contributed by atoms with E-state index in [9.17, 15) is 18.0 Å². The predicted octanol–water partition coefficient (Wildman–Crippen LogP) is 5.49. The SMILES string of the molecule is Cc1ccc(N(CCCC(=O)N(Cc2ccc(Cl)c(Cl)c2)C(C)C(=O)NC(C)(C)C)S(C)(=O)=O)cc1C. The number of carbonyl (C=O) groups is 2. The molecule has 10 heteroatoms. The van der Waals surface area contributed by atoms with Gasteiger partial charge >= 0.3 is 0 Å². The zero-order chi connectivity index (χ0) is 28.1. The summed E-state index contributed by atoms with van der Waals surface area (Å²) >= 11 is 12.2. The molecule has 0 aliphatic carbocycles. The van der Waals surface area contributed by atoms with Crippen molar-refractivity contribution in [3.63, 3.8) is 0 Å². The Bertz CT molecular complexity index is 1240. The predicted molar refractivity (Wildman–Crippen MR) is 152 cm³/mol. The Morgan fingerprint density at radius 3 is 2.19 bits per heavy atom. The number of carbonyl (C=O) groups excluding carboxylic acids is 2. The molecule has 2 rings (SSSR count). The van der Waals surface area contributed by atoms with Gasteiger partial charge in [0.15, 0.2) is 0 Å². The normalized spacial score (nSPS) is 12.7. The molecule has 2 amide bonds. The average molecular weight is 571 g/mol. The van der Waals surface area contributed by atoms with E-state index in [0.29, 0.717) is 15.7 Å². The molecule has 2 aromatic rings. The van der Waals surface area contributed by atoms with Gasteiger partial charge in [0.1, 0.15) is 6.04 Å². The molecule has 0 radical (unpaired) electrons. The summed E-state index contributed by atoms with van der Waals surface area (Å²) in [5.41, 5.74) is 2.86. The standard InChI is InChI=1S/C27H37Cl2N3O4S/c1-18-10-12-22(15-19(18)2)32(37(7,35)36)14-8-9-25(33)31(20(3)26(34)30-27(4,5)6)17-21-11-13-23(28)24(29)16-21/h10-13,15-16,20H,8-9,14,17H2,1-7H3,(H,30,34). The number of anilines is 1. The molecule has 0 bridgehead atoms. The van der Waals surface area contributed by atoms with Gasteiger partial charge in [0.2, 0.25) is 21.8 Å². The molecule has 1 unspecified atom stereocenters. The summed E-state index contributed by atoms with van der Waals surface area (Å²) in [6, 6.07) is 9.79. The van der Waals surface area contributed by atoms with Crippen LogP contribution in [0, 0.1) is 13.8 Å². The van der Waals surface area contributed by atoms with Crippen LogP contribution < -0.4 is 9.62 Å². The number of aryl methyl sites for hydroxylation is 2. The summed E-state index contributed by atoms with van der Waals surface area (Å²) in [6.07, 6.45) is 1.50. The van der Waals surface area contributed by atoms with Gasteiger partial charge in [-0.1, -0.05) is 35.3 Å². The van der Waals surface area contributed by atoms with E-state index in [-0.39, 0.29) is 37.7 Å². The maximum absolute atomic E-state index is 13.4. The second kappa shape index (κ2) is 12.5. The highest BCUT2D eigenvalue weighted by molar-refractivity contribution is 7.92. The van der Waals surface area contributed by atoms with Gasteiger partial charge in [-0.05, 0) is 88.9 Å². The molecule has 204 valence electrons. The number of nitrogens with one attached hydrogen (secondary N) is 1. The highest BCUT2D eigenvalue weighted by Crippen LogP contribution is 2.25. The van der Waals surface area contributed by atoms with Crippen molar-refractivity contribution in [2.24, 2.45) is 0 Å². The van der Waals surface area contributed by atoms with Gasteiger partial charge in [0.25, 0.3) is 0 Å². The topological polar surface area (TPSA) is 86.8 Å². The molecule has 0 saturated carbocycles. The van der Waals surface area contributed by atoms with E-state index in [1.165, 1.54) is 9.21 Å². The molecular formula is C27H37Cl2N3O4S. The van der Waals surface area contributed by atoms with Crippen LogP contribution in [0.15, 0.2) is 36.4 Å². The van der Waals surface area contributed by atoms with Crippen LogP contribution in [0.4, 0.5) is 5.69 Å². The first kappa shape index (κ1) is 30.9. The van der Waals surface area contributed by atoms with Crippen LogP contribution in [0.25, 0.3) is 0 Å². The number of benzene rings is 2. The van der Waals surface area contributed by atoms with Crippen molar-refractivity contribution >= 4 is 50.7 Å². The summed E-state index contributed by atoms with van der Waals surface area (Å²) in [7, 11) is -3.56. The molecule has 0 fully saturated rings. The minimum atomic E-state index is -3.56.